The molecular weight excluding hydrogens is 416 g/mol. The lowest BCUT2D eigenvalue weighted by molar-refractivity contribution is -0.122. The summed E-state index contributed by atoms with van der Waals surface area (Å²) in [5.41, 5.74) is 0.625. The highest BCUT2D eigenvalue weighted by atomic mass is 35.5. The van der Waals surface area contributed by atoms with Crippen LogP contribution in [0.3, 0.4) is 0 Å². The molecule has 9 heteroatoms. The third kappa shape index (κ3) is 7.23. The van der Waals surface area contributed by atoms with Gasteiger partial charge in [-0.25, -0.2) is 8.42 Å². The Morgan fingerprint density at radius 2 is 1.76 bits per heavy atom. The molecule has 7 nitrogen and oxygen atoms in total. The fourth-order valence-electron chi connectivity index (χ4n) is 2.58. The van der Waals surface area contributed by atoms with Crippen molar-refractivity contribution in [2.24, 2.45) is 0 Å². The van der Waals surface area contributed by atoms with Crippen molar-refractivity contribution in [2.45, 2.75) is 19.5 Å². The van der Waals surface area contributed by atoms with Crippen molar-refractivity contribution in [3.05, 3.63) is 59.1 Å². The first-order valence-electron chi connectivity index (χ1n) is 8.94. The van der Waals surface area contributed by atoms with Crippen LogP contribution in [0.15, 0.2) is 48.5 Å². The summed E-state index contributed by atoms with van der Waals surface area (Å²) in [4.78, 5) is 12.4. The number of carbonyl (C=O) groups excluding carboxylic acids is 1. The molecule has 0 fully saturated rings. The molecule has 0 radical (unpaired) electrons. The molecule has 1 N–H and O–H groups in total. The third-order valence-corrected chi connectivity index (χ3v) is 5.62. The number of sulfonamides is 1. The van der Waals surface area contributed by atoms with E-state index in [0.717, 1.165) is 10.6 Å². The SMILES string of the molecule is COc1ccccc1OC[C@@H](C)NC(=O)CN(Cc1ccccc1Cl)S(C)(=O)=O. The number of hydrogen-bond donors (Lipinski definition) is 1. The number of methoxy groups -OCH3 is 1. The summed E-state index contributed by atoms with van der Waals surface area (Å²) in [6, 6.07) is 13.8. The van der Waals surface area contributed by atoms with Crippen molar-refractivity contribution in [3.8, 4) is 11.5 Å². The van der Waals surface area contributed by atoms with Crippen molar-refractivity contribution in [1.29, 1.82) is 0 Å². The summed E-state index contributed by atoms with van der Waals surface area (Å²) in [6.45, 7) is 1.67. The number of para-hydroxylation sites is 2. The number of rotatable bonds is 10. The van der Waals surface area contributed by atoms with Crippen molar-refractivity contribution in [3.63, 3.8) is 0 Å². The number of hydrogen-bond acceptors (Lipinski definition) is 5. The predicted octanol–water partition coefficient (Wildman–Crippen LogP) is 2.69. The van der Waals surface area contributed by atoms with Crippen molar-refractivity contribution >= 4 is 27.5 Å². The van der Waals surface area contributed by atoms with Gasteiger partial charge in [0.15, 0.2) is 11.5 Å². The van der Waals surface area contributed by atoms with Crippen LogP contribution in [-0.2, 0) is 21.4 Å². The van der Waals surface area contributed by atoms with Gasteiger partial charge >= 0.3 is 0 Å². The van der Waals surface area contributed by atoms with Crippen LogP contribution < -0.4 is 14.8 Å². The monoisotopic (exact) mass is 440 g/mol. The van der Waals surface area contributed by atoms with E-state index in [1.165, 1.54) is 0 Å². The molecule has 2 rings (SSSR count). The molecular formula is C20H25ClN2O5S. The van der Waals surface area contributed by atoms with Gasteiger partial charge in [-0.05, 0) is 30.7 Å². The van der Waals surface area contributed by atoms with Gasteiger partial charge in [0.1, 0.15) is 6.61 Å². The van der Waals surface area contributed by atoms with Gasteiger partial charge in [-0.1, -0.05) is 41.9 Å². The van der Waals surface area contributed by atoms with Gasteiger partial charge in [-0.3, -0.25) is 4.79 Å². The number of nitrogens with zero attached hydrogens (tertiary/aromatic N) is 1. The zero-order valence-corrected chi connectivity index (χ0v) is 18.2. The number of carbonyl (C=O) groups is 1. The number of benzene rings is 2. The van der Waals surface area contributed by atoms with Gasteiger partial charge < -0.3 is 14.8 Å². The molecule has 0 aliphatic carbocycles. The summed E-state index contributed by atoms with van der Waals surface area (Å²) < 4.78 is 36.2. The lowest BCUT2D eigenvalue weighted by atomic mass is 10.2. The maximum absolute atomic E-state index is 12.4. The number of nitrogens with one attached hydrogen (secondary N) is 1. The van der Waals surface area contributed by atoms with E-state index < -0.39 is 15.9 Å². The van der Waals surface area contributed by atoms with E-state index in [0.29, 0.717) is 22.1 Å². The first-order chi connectivity index (χ1) is 13.7. The molecule has 0 unspecified atom stereocenters. The molecule has 0 bridgehead atoms. The molecule has 2 aromatic carbocycles. The standard InChI is InChI=1S/C20H25ClN2O5S/c1-15(14-28-19-11-7-6-10-18(19)27-2)22-20(24)13-23(29(3,25)26)12-16-8-4-5-9-17(16)21/h4-11,15H,12-14H2,1-3H3,(H,22,24)/t15-/m1/s1. The Labute approximate surface area is 176 Å². The third-order valence-electron chi connectivity index (χ3n) is 4.06. The topological polar surface area (TPSA) is 84.9 Å². The van der Waals surface area contributed by atoms with Crippen molar-refractivity contribution in [1.82, 2.24) is 9.62 Å². The summed E-state index contributed by atoms with van der Waals surface area (Å²) in [5, 5.41) is 3.19. The molecule has 0 saturated heterocycles. The summed E-state index contributed by atoms with van der Waals surface area (Å²) in [7, 11) is -2.06. The van der Waals surface area contributed by atoms with Crippen LogP contribution in [0.5, 0.6) is 11.5 Å². The zero-order chi connectivity index (χ0) is 21.4. The fraction of sp³-hybridized carbons (Fsp3) is 0.350. The Morgan fingerprint density at radius 1 is 1.14 bits per heavy atom. The first kappa shape index (κ1) is 23.0. The Kier molecular flexibility index (Phi) is 8.31. The van der Waals surface area contributed by atoms with Crippen molar-refractivity contribution < 1.29 is 22.7 Å². The van der Waals surface area contributed by atoms with Crippen molar-refractivity contribution in [2.75, 3.05) is 26.5 Å². The number of ether oxygens (including phenoxy) is 2. The number of amides is 1. The number of halogens is 1. The van der Waals surface area contributed by atoms with Gasteiger partial charge in [0, 0.05) is 11.6 Å². The van der Waals surface area contributed by atoms with Gasteiger partial charge in [-0.15, -0.1) is 0 Å². The largest absolute Gasteiger partial charge is 0.493 e. The smallest absolute Gasteiger partial charge is 0.235 e. The normalized spacial score (nSPS) is 12.4. The van der Waals surface area contributed by atoms with E-state index in [1.54, 1.807) is 50.4 Å². The van der Waals surface area contributed by atoms with Crippen LogP contribution in [0.4, 0.5) is 0 Å². The summed E-state index contributed by atoms with van der Waals surface area (Å²) in [6.07, 6.45) is 1.06. The average Bonchev–Trinajstić information content (AvgIpc) is 2.67. The van der Waals surface area contributed by atoms with E-state index in [2.05, 4.69) is 5.32 Å². The highest BCUT2D eigenvalue weighted by molar-refractivity contribution is 7.88. The minimum atomic E-state index is -3.61. The zero-order valence-electron chi connectivity index (χ0n) is 16.6. The molecule has 0 saturated carbocycles. The van der Waals surface area contributed by atoms with E-state index in [-0.39, 0.29) is 25.7 Å². The minimum Gasteiger partial charge on any atom is -0.493 e. The van der Waals surface area contributed by atoms with E-state index in [4.69, 9.17) is 21.1 Å². The summed E-state index contributed by atoms with van der Waals surface area (Å²) >= 11 is 6.11. The minimum absolute atomic E-state index is 0.0119. The maximum Gasteiger partial charge on any atom is 0.235 e. The van der Waals surface area contributed by atoms with Crippen LogP contribution >= 0.6 is 11.6 Å². The Hall–Kier alpha value is -2.29. The maximum atomic E-state index is 12.4. The van der Waals surface area contributed by atoms with Crippen LogP contribution in [0.1, 0.15) is 12.5 Å². The second-order valence-electron chi connectivity index (χ2n) is 6.55. The fourth-order valence-corrected chi connectivity index (χ4v) is 3.50. The second kappa shape index (κ2) is 10.5. The van der Waals surface area contributed by atoms with E-state index in [1.807, 2.05) is 12.1 Å². The van der Waals surface area contributed by atoms with Crippen LogP contribution in [-0.4, -0.2) is 51.2 Å². The molecule has 2 aromatic rings. The van der Waals surface area contributed by atoms with Gasteiger partial charge in [-0.2, -0.15) is 4.31 Å². The van der Waals surface area contributed by atoms with Crippen LogP contribution in [0.25, 0.3) is 0 Å². The quantitative estimate of drug-likeness (QED) is 0.614. The Morgan fingerprint density at radius 3 is 2.38 bits per heavy atom. The molecule has 0 heterocycles. The molecule has 1 atom stereocenters. The van der Waals surface area contributed by atoms with Crippen LogP contribution in [0, 0.1) is 0 Å². The Balaban J connectivity index is 1.94. The molecule has 0 aliphatic heterocycles. The molecule has 0 aliphatic rings. The van der Waals surface area contributed by atoms with E-state index in [9.17, 15) is 13.2 Å². The lowest BCUT2D eigenvalue weighted by Gasteiger charge is -2.22. The highest BCUT2D eigenvalue weighted by Gasteiger charge is 2.22. The lowest BCUT2D eigenvalue weighted by Crippen LogP contribution is -2.44. The van der Waals surface area contributed by atoms with Gasteiger partial charge in [0.2, 0.25) is 15.9 Å². The van der Waals surface area contributed by atoms with Gasteiger partial charge in [0.25, 0.3) is 0 Å². The molecule has 1 amide bonds. The Bertz CT molecular complexity index is 936. The van der Waals surface area contributed by atoms with E-state index >= 15 is 0 Å². The second-order valence-corrected chi connectivity index (χ2v) is 8.94. The molecule has 0 spiro atoms. The van der Waals surface area contributed by atoms with Gasteiger partial charge in [0.05, 0.1) is 26.0 Å². The van der Waals surface area contributed by atoms with Crippen LogP contribution in [0.2, 0.25) is 5.02 Å². The first-order valence-corrected chi connectivity index (χ1v) is 11.2. The molecule has 0 aromatic heterocycles. The highest BCUT2D eigenvalue weighted by Crippen LogP contribution is 2.25. The average molecular weight is 441 g/mol. The molecule has 29 heavy (non-hydrogen) atoms. The molecule has 158 valence electrons. The predicted molar refractivity (Wildman–Crippen MR) is 113 cm³/mol. The summed E-state index contributed by atoms with van der Waals surface area (Å²) in [5.74, 6) is 0.722.